The van der Waals surface area contributed by atoms with Gasteiger partial charge in [0, 0.05) is 43.7 Å². The summed E-state index contributed by atoms with van der Waals surface area (Å²) in [6.45, 7) is 0. The lowest BCUT2D eigenvalue weighted by Gasteiger charge is -2.14. The second-order valence-corrected chi connectivity index (χ2v) is 14.5. The third-order valence-corrected chi connectivity index (χ3v) is 11.4. The van der Waals surface area contributed by atoms with Gasteiger partial charge in [-0.1, -0.05) is 133 Å². The molecule has 6 heteroatoms. The van der Waals surface area contributed by atoms with Crippen molar-refractivity contribution in [3.8, 4) is 34.0 Å². The van der Waals surface area contributed by atoms with Gasteiger partial charge in [0.05, 0.1) is 38.8 Å². The van der Waals surface area contributed by atoms with Gasteiger partial charge in [0.1, 0.15) is 5.52 Å². The molecule has 12 rings (SSSR count). The summed E-state index contributed by atoms with van der Waals surface area (Å²) in [4.78, 5) is 25.8. The fraction of sp³-hybridized carbons (Fsp3) is 0. The van der Waals surface area contributed by atoms with Gasteiger partial charge in [-0.2, -0.15) is 0 Å². The second-order valence-electron chi connectivity index (χ2n) is 14.5. The third kappa shape index (κ3) is 4.55. The number of benzene rings is 8. The van der Waals surface area contributed by atoms with Gasteiger partial charge < -0.3 is 4.40 Å². The highest BCUT2D eigenvalue weighted by Gasteiger charge is 2.24. The van der Waals surface area contributed by atoms with Crippen LogP contribution in [0.15, 0.2) is 193 Å². The summed E-state index contributed by atoms with van der Waals surface area (Å²) in [5.74, 6) is 0.605. The van der Waals surface area contributed by atoms with Crippen LogP contribution in [0.2, 0.25) is 0 Å². The van der Waals surface area contributed by atoms with Gasteiger partial charge >= 0.3 is 0 Å². The van der Waals surface area contributed by atoms with E-state index < -0.39 is 0 Å². The smallest absolute Gasteiger partial charge is 0.280 e. The molecule has 0 saturated carbocycles. The Balaban J connectivity index is 1.17. The lowest BCUT2D eigenvalue weighted by Crippen LogP contribution is -2.21. The standard InChI is InChI=1S/C51H31N5O/c57-50-49-46(38-22-10-12-24-42(38)55(49)45-26-14-13-25-44(45)54(50)35-18-5-2-6-19-35)34-28-30-43-40(31-34)37-21-9-11-23-41(37)56(43)51-52-47(33-16-3-1-4-17-33)39-29-27-32-15-7-8-20-36(32)48(39)53-51/h1-31H. The molecule has 4 aromatic heterocycles. The number of hydrogen-bond acceptors (Lipinski definition) is 3. The summed E-state index contributed by atoms with van der Waals surface area (Å²) < 4.78 is 6.18. The Labute approximate surface area is 325 Å². The molecule has 4 heterocycles. The van der Waals surface area contributed by atoms with Crippen LogP contribution in [0.5, 0.6) is 0 Å². The van der Waals surface area contributed by atoms with Gasteiger partial charge in [-0.25, -0.2) is 9.97 Å². The number of nitrogens with zero attached hydrogens (tertiary/aromatic N) is 5. The van der Waals surface area contributed by atoms with Gasteiger partial charge in [0.25, 0.3) is 5.56 Å². The summed E-state index contributed by atoms with van der Waals surface area (Å²) >= 11 is 0. The van der Waals surface area contributed by atoms with E-state index in [1.54, 1.807) is 0 Å². The maximum atomic E-state index is 15.0. The zero-order valence-corrected chi connectivity index (χ0v) is 30.5. The molecule has 0 aliphatic carbocycles. The van der Waals surface area contributed by atoms with Crippen molar-refractivity contribution in [3.05, 3.63) is 198 Å². The molecular formula is C51H31N5O. The average molecular weight is 730 g/mol. The number of aromatic nitrogens is 5. The second kappa shape index (κ2) is 12.1. The van der Waals surface area contributed by atoms with E-state index >= 15 is 4.79 Å². The minimum atomic E-state index is -0.0705. The molecule has 0 saturated heterocycles. The minimum Gasteiger partial charge on any atom is -0.302 e. The van der Waals surface area contributed by atoms with Gasteiger partial charge in [-0.05, 0) is 65.5 Å². The molecule has 0 atom stereocenters. The largest absolute Gasteiger partial charge is 0.302 e. The van der Waals surface area contributed by atoms with Gasteiger partial charge in [-0.15, -0.1) is 0 Å². The molecule has 0 radical (unpaired) electrons. The van der Waals surface area contributed by atoms with E-state index in [1.165, 1.54) is 0 Å². The van der Waals surface area contributed by atoms with E-state index in [9.17, 15) is 0 Å². The Morgan fingerprint density at radius 1 is 0.404 bits per heavy atom. The first-order valence-corrected chi connectivity index (χ1v) is 19.1. The summed E-state index contributed by atoms with van der Waals surface area (Å²) in [6, 6.07) is 64.5. The summed E-state index contributed by atoms with van der Waals surface area (Å²) in [6.07, 6.45) is 0. The Morgan fingerprint density at radius 2 is 1.04 bits per heavy atom. The fourth-order valence-corrected chi connectivity index (χ4v) is 8.99. The van der Waals surface area contributed by atoms with Crippen LogP contribution in [0.4, 0.5) is 0 Å². The Bertz CT molecular complexity index is 3660. The first-order valence-electron chi connectivity index (χ1n) is 19.1. The highest BCUT2D eigenvalue weighted by molar-refractivity contribution is 6.14. The van der Waals surface area contributed by atoms with Crippen molar-refractivity contribution in [2.45, 2.75) is 0 Å². The van der Waals surface area contributed by atoms with Crippen LogP contribution in [-0.4, -0.2) is 23.5 Å². The number of fused-ring (bicyclic) bond motifs is 11. The maximum absolute atomic E-state index is 15.0. The molecule has 0 bridgehead atoms. The third-order valence-electron chi connectivity index (χ3n) is 11.4. The predicted molar refractivity (Wildman–Crippen MR) is 234 cm³/mol. The molecule has 266 valence electrons. The molecule has 0 spiro atoms. The molecule has 0 unspecified atom stereocenters. The molecule has 0 amide bonds. The topological polar surface area (TPSA) is 57.1 Å². The van der Waals surface area contributed by atoms with E-state index in [4.69, 9.17) is 9.97 Å². The first-order chi connectivity index (χ1) is 28.2. The Morgan fingerprint density at radius 3 is 1.84 bits per heavy atom. The molecule has 0 aliphatic heterocycles. The molecule has 0 aliphatic rings. The minimum absolute atomic E-state index is 0.0705. The summed E-state index contributed by atoms with van der Waals surface area (Å²) in [5.41, 5.74) is 10.9. The molecule has 8 aromatic carbocycles. The number of para-hydroxylation sites is 5. The lowest BCUT2D eigenvalue weighted by molar-refractivity contribution is 1.02. The molecule has 57 heavy (non-hydrogen) atoms. The van der Waals surface area contributed by atoms with Crippen LogP contribution >= 0.6 is 0 Å². The average Bonchev–Trinajstić information content (AvgIpc) is 3.80. The predicted octanol–water partition coefficient (Wildman–Crippen LogP) is 11.9. The van der Waals surface area contributed by atoms with E-state index in [1.807, 2.05) is 65.2 Å². The maximum Gasteiger partial charge on any atom is 0.280 e. The summed E-state index contributed by atoms with van der Waals surface area (Å²) in [5, 5.41) is 6.38. The van der Waals surface area contributed by atoms with Crippen molar-refractivity contribution >= 4 is 70.9 Å². The van der Waals surface area contributed by atoms with Gasteiger partial charge in [-0.3, -0.25) is 13.9 Å². The zero-order chi connectivity index (χ0) is 37.6. The first kappa shape index (κ1) is 31.5. The van der Waals surface area contributed by atoms with Crippen LogP contribution < -0.4 is 5.56 Å². The van der Waals surface area contributed by atoms with Crippen LogP contribution in [0.3, 0.4) is 0 Å². The zero-order valence-electron chi connectivity index (χ0n) is 30.5. The molecule has 0 N–H and O–H groups in total. The number of rotatable bonds is 4. The highest BCUT2D eigenvalue weighted by atomic mass is 16.1. The number of hydrogen-bond donors (Lipinski definition) is 0. The van der Waals surface area contributed by atoms with Gasteiger partial charge in [0.2, 0.25) is 5.95 Å². The normalized spacial score (nSPS) is 11.9. The van der Waals surface area contributed by atoms with E-state index in [0.29, 0.717) is 11.5 Å². The lowest BCUT2D eigenvalue weighted by atomic mass is 10.0. The van der Waals surface area contributed by atoms with Crippen LogP contribution in [0.25, 0.3) is 105 Å². The highest BCUT2D eigenvalue weighted by Crippen LogP contribution is 2.41. The Kier molecular flexibility index (Phi) is 6.68. The van der Waals surface area contributed by atoms with Crippen LogP contribution in [-0.2, 0) is 0 Å². The quantitative estimate of drug-likeness (QED) is 0.170. The van der Waals surface area contributed by atoms with Crippen molar-refractivity contribution in [3.63, 3.8) is 0 Å². The van der Waals surface area contributed by atoms with E-state index in [-0.39, 0.29) is 5.56 Å². The van der Waals surface area contributed by atoms with Crippen LogP contribution in [0.1, 0.15) is 0 Å². The molecular weight excluding hydrogens is 699 g/mol. The SMILES string of the molecule is O=c1c2c(-c3ccc4c(c3)c3ccccc3n4-c3nc(-c4ccccc4)c4ccc5ccccc5c4n3)c3ccccc3n2c2ccccc2n1-c1ccccc1. The van der Waals surface area contributed by atoms with Crippen molar-refractivity contribution in [1.82, 2.24) is 23.5 Å². The van der Waals surface area contributed by atoms with Crippen molar-refractivity contribution in [1.29, 1.82) is 0 Å². The Hall–Kier alpha value is -7.83. The van der Waals surface area contributed by atoms with Crippen molar-refractivity contribution < 1.29 is 0 Å². The van der Waals surface area contributed by atoms with Crippen LogP contribution in [0, 0.1) is 0 Å². The van der Waals surface area contributed by atoms with E-state index in [0.717, 1.165) is 93.5 Å². The summed E-state index contributed by atoms with van der Waals surface area (Å²) in [7, 11) is 0. The van der Waals surface area contributed by atoms with Crippen molar-refractivity contribution in [2.24, 2.45) is 0 Å². The van der Waals surface area contributed by atoms with E-state index in [2.05, 4.69) is 136 Å². The molecule has 0 fully saturated rings. The molecule has 6 nitrogen and oxygen atoms in total. The van der Waals surface area contributed by atoms with Crippen molar-refractivity contribution in [2.75, 3.05) is 0 Å². The monoisotopic (exact) mass is 729 g/mol. The van der Waals surface area contributed by atoms with Gasteiger partial charge in [0.15, 0.2) is 0 Å². The molecule has 12 aromatic rings. The fourth-order valence-electron chi connectivity index (χ4n) is 8.99.